The zero-order valence-electron chi connectivity index (χ0n) is 9.21. The van der Waals surface area contributed by atoms with Gasteiger partial charge in [-0.25, -0.2) is 0 Å². The Labute approximate surface area is 92.9 Å². The average molecular weight is 225 g/mol. The molecule has 16 heavy (non-hydrogen) atoms. The summed E-state index contributed by atoms with van der Waals surface area (Å²) in [5.41, 5.74) is 5.66. The first-order valence-corrected chi connectivity index (χ1v) is 4.80. The van der Waals surface area contributed by atoms with Gasteiger partial charge in [0.15, 0.2) is 0 Å². The summed E-state index contributed by atoms with van der Waals surface area (Å²) in [7, 11) is 1.73. The Balaban J connectivity index is 2.52. The van der Waals surface area contributed by atoms with Crippen molar-refractivity contribution < 1.29 is 10.0 Å². The lowest BCUT2D eigenvalue weighted by atomic mass is 10.2. The highest BCUT2D eigenvalue weighted by molar-refractivity contribution is 5.92. The number of rotatable bonds is 4. The van der Waals surface area contributed by atoms with Crippen LogP contribution in [-0.2, 0) is 7.05 Å². The maximum absolute atomic E-state index is 11.6. The molecule has 0 fully saturated rings. The third-order valence-electron chi connectivity index (χ3n) is 1.97. The lowest BCUT2D eigenvalue weighted by Gasteiger charge is -2.11. The van der Waals surface area contributed by atoms with Gasteiger partial charge < -0.3 is 16.3 Å². The minimum Gasteiger partial charge on any atom is -0.409 e. The fourth-order valence-corrected chi connectivity index (χ4v) is 1.24. The molecule has 1 atom stereocenters. The van der Waals surface area contributed by atoms with Crippen molar-refractivity contribution in [2.24, 2.45) is 17.9 Å². The Hall–Kier alpha value is -2.05. The van der Waals surface area contributed by atoms with E-state index in [-0.39, 0.29) is 24.2 Å². The SMILES string of the molecule is CC(C/C(N)=N/O)NC(=O)c1ccn(C)n1. The number of amides is 1. The summed E-state index contributed by atoms with van der Waals surface area (Å²) in [6, 6.07) is 1.40. The zero-order valence-corrected chi connectivity index (χ0v) is 9.21. The summed E-state index contributed by atoms with van der Waals surface area (Å²) in [6.07, 6.45) is 1.97. The van der Waals surface area contributed by atoms with E-state index in [9.17, 15) is 4.79 Å². The standard InChI is InChI=1S/C9H15N5O2/c1-6(5-8(10)13-16)11-9(15)7-3-4-14(2)12-7/h3-4,6,16H,5H2,1-2H3,(H2,10,13)(H,11,15). The average Bonchev–Trinajstić information content (AvgIpc) is 2.64. The molecule has 7 heteroatoms. The summed E-state index contributed by atoms with van der Waals surface area (Å²) in [4.78, 5) is 11.6. The van der Waals surface area contributed by atoms with Gasteiger partial charge in [0.25, 0.3) is 5.91 Å². The molecule has 0 aromatic carbocycles. The predicted molar refractivity (Wildman–Crippen MR) is 58.2 cm³/mol. The Morgan fingerprint density at radius 3 is 3.00 bits per heavy atom. The summed E-state index contributed by atoms with van der Waals surface area (Å²) >= 11 is 0. The van der Waals surface area contributed by atoms with Crippen LogP contribution in [0.15, 0.2) is 17.4 Å². The third kappa shape index (κ3) is 3.26. The van der Waals surface area contributed by atoms with Crippen molar-refractivity contribution in [2.75, 3.05) is 0 Å². The highest BCUT2D eigenvalue weighted by Gasteiger charge is 2.12. The molecule has 1 unspecified atom stereocenters. The summed E-state index contributed by atoms with van der Waals surface area (Å²) in [6.45, 7) is 1.76. The Bertz CT molecular complexity index is 398. The van der Waals surface area contributed by atoms with Crippen molar-refractivity contribution in [3.8, 4) is 0 Å². The number of hydrogen-bond acceptors (Lipinski definition) is 4. The van der Waals surface area contributed by atoms with Crippen LogP contribution in [0.1, 0.15) is 23.8 Å². The van der Waals surface area contributed by atoms with E-state index in [1.165, 1.54) is 0 Å². The molecule has 0 spiro atoms. The van der Waals surface area contributed by atoms with Gasteiger partial charge in [0.05, 0.1) is 0 Å². The highest BCUT2D eigenvalue weighted by Crippen LogP contribution is 1.97. The molecule has 88 valence electrons. The van der Waals surface area contributed by atoms with E-state index >= 15 is 0 Å². The number of aromatic nitrogens is 2. The lowest BCUT2D eigenvalue weighted by molar-refractivity contribution is 0.0935. The van der Waals surface area contributed by atoms with Crippen LogP contribution in [0.25, 0.3) is 0 Å². The fraction of sp³-hybridized carbons (Fsp3) is 0.444. The van der Waals surface area contributed by atoms with E-state index in [1.54, 1.807) is 30.9 Å². The Morgan fingerprint density at radius 1 is 1.81 bits per heavy atom. The maximum atomic E-state index is 11.6. The molecule has 1 heterocycles. The molecule has 0 bridgehead atoms. The number of hydrogen-bond donors (Lipinski definition) is 3. The molecule has 1 amide bonds. The van der Waals surface area contributed by atoms with Gasteiger partial charge in [-0.1, -0.05) is 5.16 Å². The molecule has 0 saturated carbocycles. The second-order valence-corrected chi connectivity index (χ2v) is 3.54. The predicted octanol–water partition coefficient (Wildman–Crippen LogP) is -0.325. The molecule has 7 nitrogen and oxygen atoms in total. The molecule has 0 aliphatic carbocycles. The minimum absolute atomic E-state index is 0.0776. The van der Waals surface area contributed by atoms with Gasteiger partial charge in [0.1, 0.15) is 11.5 Å². The Morgan fingerprint density at radius 2 is 2.50 bits per heavy atom. The van der Waals surface area contributed by atoms with Gasteiger partial charge >= 0.3 is 0 Å². The van der Waals surface area contributed by atoms with Crippen LogP contribution in [-0.4, -0.2) is 32.8 Å². The van der Waals surface area contributed by atoms with Crippen molar-refractivity contribution in [1.82, 2.24) is 15.1 Å². The van der Waals surface area contributed by atoms with E-state index in [1.807, 2.05) is 0 Å². The van der Waals surface area contributed by atoms with E-state index in [0.717, 1.165) is 0 Å². The molecule has 0 saturated heterocycles. The van der Waals surface area contributed by atoms with Crippen LogP contribution >= 0.6 is 0 Å². The van der Waals surface area contributed by atoms with E-state index < -0.39 is 0 Å². The normalized spacial score (nSPS) is 13.5. The Kier molecular flexibility index (Phi) is 3.87. The van der Waals surface area contributed by atoms with Crippen molar-refractivity contribution >= 4 is 11.7 Å². The first-order valence-electron chi connectivity index (χ1n) is 4.80. The second-order valence-electron chi connectivity index (χ2n) is 3.54. The molecule has 1 aromatic heterocycles. The van der Waals surface area contributed by atoms with Crippen molar-refractivity contribution in [3.63, 3.8) is 0 Å². The number of nitrogens with one attached hydrogen (secondary N) is 1. The van der Waals surface area contributed by atoms with Crippen molar-refractivity contribution in [1.29, 1.82) is 0 Å². The lowest BCUT2D eigenvalue weighted by Crippen LogP contribution is -2.36. The quantitative estimate of drug-likeness (QED) is 0.282. The molecule has 4 N–H and O–H groups in total. The molecule has 1 aromatic rings. The molecule has 0 aliphatic rings. The molecule has 0 radical (unpaired) electrons. The van der Waals surface area contributed by atoms with Gasteiger partial charge in [-0.15, -0.1) is 0 Å². The number of amidine groups is 1. The van der Waals surface area contributed by atoms with Crippen LogP contribution in [0, 0.1) is 0 Å². The second kappa shape index (κ2) is 5.15. The van der Waals surface area contributed by atoms with E-state index in [2.05, 4.69) is 15.6 Å². The smallest absolute Gasteiger partial charge is 0.271 e. The molecule has 1 rings (SSSR count). The number of aryl methyl sites for hydroxylation is 1. The van der Waals surface area contributed by atoms with Crippen molar-refractivity contribution in [2.45, 2.75) is 19.4 Å². The number of oxime groups is 1. The number of nitrogens with zero attached hydrogens (tertiary/aromatic N) is 3. The van der Waals surface area contributed by atoms with Crippen molar-refractivity contribution in [3.05, 3.63) is 18.0 Å². The molecular weight excluding hydrogens is 210 g/mol. The number of carbonyl (C=O) groups is 1. The van der Waals surface area contributed by atoms with Crippen LogP contribution in [0.4, 0.5) is 0 Å². The molecular formula is C9H15N5O2. The monoisotopic (exact) mass is 225 g/mol. The topological polar surface area (TPSA) is 106 Å². The van der Waals surface area contributed by atoms with Crippen LogP contribution in [0.3, 0.4) is 0 Å². The van der Waals surface area contributed by atoms with Gasteiger partial charge in [0, 0.05) is 25.7 Å². The minimum atomic E-state index is -0.279. The number of nitrogens with two attached hydrogens (primary N) is 1. The fourth-order valence-electron chi connectivity index (χ4n) is 1.24. The van der Waals surface area contributed by atoms with Crippen LogP contribution in [0.2, 0.25) is 0 Å². The van der Waals surface area contributed by atoms with Crippen LogP contribution in [0.5, 0.6) is 0 Å². The zero-order chi connectivity index (χ0) is 12.1. The summed E-state index contributed by atoms with van der Waals surface area (Å²) in [5.74, 6) is -0.201. The summed E-state index contributed by atoms with van der Waals surface area (Å²) < 4.78 is 1.54. The summed E-state index contributed by atoms with van der Waals surface area (Å²) in [5, 5.41) is 17.9. The highest BCUT2D eigenvalue weighted by atomic mass is 16.4. The van der Waals surface area contributed by atoms with Gasteiger partial charge in [-0.3, -0.25) is 9.48 Å². The first kappa shape index (κ1) is 12.0. The van der Waals surface area contributed by atoms with Gasteiger partial charge in [-0.05, 0) is 13.0 Å². The van der Waals surface area contributed by atoms with Gasteiger partial charge in [-0.2, -0.15) is 5.10 Å². The maximum Gasteiger partial charge on any atom is 0.271 e. The van der Waals surface area contributed by atoms with Gasteiger partial charge in [0.2, 0.25) is 0 Å². The first-order chi connectivity index (χ1) is 7.52. The number of carbonyl (C=O) groups excluding carboxylic acids is 1. The largest absolute Gasteiger partial charge is 0.409 e. The van der Waals surface area contributed by atoms with E-state index in [4.69, 9.17) is 10.9 Å². The van der Waals surface area contributed by atoms with E-state index in [0.29, 0.717) is 5.69 Å². The van der Waals surface area contributed by atoms with Crippen LogP contribution < -0.4 is 11.1 Å². The molecule has 0 aliphatic heterocycles. The third-order valence-corrected chi connectivity index (χ3v) is 1.97.